The predicted octanol–water partition coefficient (Wildman–Crippen LogP) is -0.669. The maximum Gasteiger partial charge on any atom is 0.169 e. The normalized spacial score (nSPS) is 9.61. The lowest BCUT2D eigenvalue weighted by atomic mass is 10.0. The summed E-state index contributed by atoms with van der Waals surface area (Å²) in [7, 11) is 1.94. The van der Waals surface area contributed by atoms with Gasteiger partial charge in [0.25, 0.3) is 0 Å². The molecule has 94 valence electrons. The molecule has 3 heteroatoms. The van der Waals surface area contributed by atoms with Gasteiger partial charge in [-0.3, -0.25) is 4.79 Å². The molecule has 0 bridgehead atoms. The van der Waals surface area contributed by atoms with E-state index in [1.165, 1.54) is 5.56 Å². The Morgan fingerprint density at radius 3 is 2.28 bits per heavy atom. The minimum Gasteiger partial charge on any atom is -1.00 e. The van der Waals surface area contributed by atoms with E-state index in [9.17, 15) is 4.79 Å². The number of aryl methyl sites for hydroxylation is 2. The number of carbonyl (C=O) groups is 1. The predicted molar refractivity (Wildman–Crippen MR) is 66.7 cm³/mol. The van der Waals surface area contributed by atoms with Crippen LogP contribution in [0.1, 0.15) is 22.3 Å². The highest BCUT2D eigenvalue weighted by molar-refractivity contribution is 5.95. The molecule has 1 aromatic carbocycles. The number of aromatic nitrogens is 1. The molecule has 0 unspecified atom stereocenters. The molecule has 0 spiro atoms. The first-order chi connectivity index (χ1) is 8.25. The molecule has 0 saturated heterocycles. The fraction of sp³-hybridized carbons (Fsp3) is 0.200. The summed E-state index contributed by atoms with van der Waals surface area (Å²) in [5.41, 5.74) is 2.00. The van der Waals surface area contributed by atoms with E-state index in [4.69, 9.17) is 0 Å². The van der Waals surface area contributed by atoms with Crippen LogP contribution in [0.25, 0.3) is 0 Å². The van der Waals surface area contributed by atoms with Gasteiger partial charge in [-0.25, -0.2) is 4.57 Å². The summed E-state index contributed by atoms with van der Waals surface area (Å²) < 4.78 is 1.92. The van der Waals surface area contributed by atoms with Gasteiger partial charge >= 0.3 is 0 Å². The van der Waals surface area contributed by atoms with Gasteiger partial charge in [0, 0.05) is 24.1 Å². The Hall–Kier alpha value is -1.23. The Balaban J connectivity index is 0.00000162. The van der Waals surface area contributed by atoms with E-state index in [0.717, 1.165) is 12.0 Å². The molecule has 0 aliphatic carbocycles. The smallest absolute Gasteiger partial charge is 0.169 e. The number of rotatable bonds is 4. The minimum absolute atomic E-state index is 0. The molecule has 0 saturated carbocycles. The highest BCUT2D eigenvalue weighted by Crippen LogP contribution is 2.07. The topological polar surface area (TPSA) is 20.9 Å². The molecule has 18 heavy (non-hydrogen) atoms. The third-order valence-electron chi connectivity index (χ3n) is 2.78. The van der Waals surface area contributed by atoms with E-state index in [2.05, 4.69) is 12.1 Å². The number of hydrogen-bond acceptors (Lipinski definition) is 1. The van der Waals surface area contributed by atoms with Crippen molar-refractivity contribution in [2.24, 2.45) is 7.05 Å². The summed E-state index contributed by atoms with van der Waals surface area (Å²) in [4.78, 5) is 11.9. The molecule has 0 radical (unpaired) electrons. The maximum absolute atomic E-state index is 11.9. The van der Waals surface area contributed by atoms with Crippen molar-refractivity contribution in [3.8, 4) is 0 Å². The number of halogens is 1. The van der Waals surface area contributed by atoms with Crippen LogP contribution in [0.5, 0.6) is 0 Å². The van der Waals surface area contributed by atoms with Crippen molar-refractivity contribution in [3.05, 3.63) is 66.0 Å². The van der Waals surface area contributed by atoms with E-state index < -0.39 is 0 Å². The lowest BCUT2D eigenvalue weighted by Crippen LogP contribution is -3.00. The zero-order valence-corrected chi connectivity index (χ0v) is 12.5. The lowest BCUT2D eigenvalue weighted by molar-refractivity contribution is -0.671. The Labute approximate surface area is 125 Å². The molecule has 0 aliphatic heterocycles. The fourth-order valence-corrected chi connectivity index (χ4v) is 1.73. The molecular formula is C15H16INO. The van der Waals surface area contributed by atoms with E-state index in [-0.39, 0.29) is 29.8 Å². The quantitative estimate of drug-likeness (QED) is 0.406. The van der Waals surface area contributed by atoms with Gasteiger partial charge in [0.2, 0.25) is 0 Å². The number of carbonyl (C=O) groups excluding carboxylic acids is 1. The largest absolute Gasteiger partial charge is 1.00 e. The van der Waals surface area contributed by atoms with Crippen LogP contribution in [0.3, 0.4) is 0 Å². The van der Waals surface area contributed by atoms with Gasteiger partial charge in [-0.2, -0.15) is 0 Å². The molecular weight excluding hydrogens is 337 g/mol. The number of benzene rings is 1. The van der Waals surface area contributed by atoms with Crippen LogP contribution in [0, 0.1) is 0 Å². The van der Waals surface area contributed by atoms with Crippen molar-refractivity contribution in [1.29, 1.82) is 0 Å². The van der Waals surface area contributed by atoms with Crippen LogP contribution < -0.4 is 28.5 Å². The molecule has 2 nitrogen and oxygen atoms in total. The minimum atomic E-state index is 0. The molecule has 0 aliphatic rings. The Kier molecular flexibility index (Phi) is 5.98. The Morgan fingerprint density at radius 1 is 1.06 bits per heavy atom. The molecule has 2 aromatic rings. The van der Waals surface area contributed by atoms with Crippen molar-refractivity contribution in [1.82, 2.24) is 0 Å². The Bertz CT molecular complexity index is 494. The first-order valence-electron chi connectivity index (χ1n) is 5.78. The van der Waals surface area contributed by atoms with Gasteiger partial charge in [-0.05, 0) is 12.0 Å². The van der Waals surface area contributed by atoms with Crippen molar-refractivity contribution >= 4 is 5.78 Å². The SMILES string of the molecule is C[n+]1ccc(C(=O)CCc2ccccc2)cc1.[I-]. The molecule has 1 heterocycles. The summed E-state index contributed by atoms with van der Waals surface area (Å²) in [5, 5.41) is 0. The number of nitrogens with zero attached hydrogens (tertiary/aromatic N) is 1. The average molecular weight is 353 g/mol. The lowest BCUT2D eigenvalue weighted by Gasteiger charge is -2.00. The second-order valence-corrected chi connectivity index (χ2v) is 4.16. The summed E-state index contributed by atoms with van der Waals surface area (Å²) in [6, 6.07) is 13.8. The van der Waals surface area contributed by atoms with Crippen LogP contribution in [0.2, 0.25) is 0 Å². The van der Waals surface area contributed by atoms with Crippen LogP contribution in [0.4, 0.5) is 0 Å². The van der Waals surface area contributed by atoms with Gasteiger partial charge < -0.3 is 24.0 Å². The number of hydrogen-bond donors (Lipinski definition) is 0. The summed E-state index contributed by atoms with van der Waals surface area (Å²) in [5.74, 6) is 0.203. The molecule has 0 amide bonds. The third-order valence-corrected chi connectivity index (χ3v) is 2.78. The van der Waals surface area contributed by atoms with Gasteiger partial charge in [0.15, 0.2) is 18.2 Å². The number of pyridine rings is 1. The zero-order valence-electron chi connectivity index (χ0n) is 10.3. The summed E-state index contributed by atoms with van der Waals surface area (Å²) >= 11 is 0. The highest BCUT2D eigenvalue weighted by atomic mass is 127. The van der Waals surface area contributed by atoms with Crippen molar-refractivity contribution in [3.63, 3.8) is 0 Å². The van der Waals surface area contributed by atoms with Crippen molar-refractivity contribution in [2.45, 2.75) is 12.8 Å². The van der Waals surface area contributed by atoms with Crippen LogP contribution in [-0.2, 0) is 13.5 Å². The average Bonchev–Trinajstić information content (AvgIpc) is 2.38. The second kappa shape index (κ2) is 7.26. The number of Topliss-reactive ketones (excluding diaryl/α,β-unsaturated/α-hetero) is 1. The second-order valence-electron chi connectivity index (χ2n) is 4.16. The molecule has 2 rings (SSSR count). The third kappa shape index (κ3) is 4.22. The molecule has 0 N–H and O–H groups in total. The van der Waals surface area contributed by atoms with E-state index >= 15 is 0 Å². The summed E-state index contributed by atoms with van der Waals surface area (Å²) in [6.45, 7) is 0. The molecule has 0 atom stereocenters. The van der Waals surface area contributed by atoms with Gasteiger partial charge in [-0.1, -0.05) is 30.3 Å². The molecule has 1 aromatic heterocycles. The van der Waals surface area contributed by atoms with Crippen LogP contribution in [0.15, 0.2) is 54.9 Å². The van der Waals surface area contributed by atoms with Gasteiger partial charge in [-0.15, -0.1) is 0 Å². The van der Waals surface area contributed by atoms with E-state index in [0.29, 0.717) is 6.42 Å². The first kappa shape index (κ1) is 14.8. The highest BCUT2D eigenvalue weighted by Gasteiger charge is 2.07. The first-order valence-corrected chi connectivity index (χ1v) is 5.78. The van der Waals surface area contributed by atoms with Gasteiger partial charge in [0.05, 0.1) is 0 Å². The standard InChI is InChI=1S/C15H16NO.HI/c1-16-11-9-14(10-12-16)15(17)8-7-13-5-3-2-4-6-13;/h2-6,9-12H,7-8H2,1H3;1H/q+1;/p-1. The maximum atomic E-state index is 11.9. The summed E-state index contributed by atoms with van der Waals surface area (Å²) in [6.07, 6.45) is 5.17. The van der Waals surface area contributed by atoms with E-state index in [1.807, 2.05) is 54.3 Å². The van der Waals surface area contributed by atoms with Crippen LogP contribution in [-0.4, -0.2) is 5.78 Å². The number of ketones is 1. The zero-order chi connectivity index (χ0) is 12.1. The fourth-order valence-electron chi connectivity index (χ4n) is 1.73. The monoisotopic (exact) mass is 353 g/mol. The molecule has 0 fully saturated rings. The van der Waals surface area contributed by atoms with Crippen molar-refractivity contribution < 1.29 is 33.3 Å². The van der Waals surface area contributed by atoms with E-state index in [1.54, 1.807) is 0 Å². The van der Waals surface area contributed by atoms with Crippen molar-refractivity contribution in [2.75, 3.05) is 0 Å². The Morgan fingerprint density at radius 2 is 1.67 bits per heavy atom. The van der Waals surface area contributed by atoms with Gasteiger partial charge in [0.1, 0.15) is 7.05 Å². The van der Waals surface area contributed by atoms with Crippen LogP contribution >= 0.6 is 0 Å².